The van der Waals surface area contributed by atoms with Crippen molar-refractivity contribution in [3.05, 3.63) is 22.9 Å². The molecule has 1 fully saturated rings. The first-order valence-corrected chi connectivity index (χ1v) is 7.74. The van der Waals surface area contributed by atoms with Crippen molar-refractivity contribution in [2.24, 2.45) is 0 Å². The van der Waals surface area contributed by atoms with Crippen LogP contribution in [0.1, 0.15) is 0 Å². The van der Waals surface area contributed by atoms with E-state index in [2.05, 4.69) is 57.1 Å². The zero-order chi connectivity index (χ0) is 12.4. The van der Waals surface area contributed by atoms with Gasteiger partial charge in [0.05, 0.1) is 11.9 Å². The summed E-state index contributed by atoms with van der Waals surface area (Å²) in [6, 6.07) is 2.76. The molecule has 1 aliphatic rings. The molecule has 1 aliphatic heterocycles. The first-order valence-electron chi connectivity index (χ1n) is 5.66. The monoisotopic (exact) mass is 315 g/mol. The van der Waals surface area contributed by atoms with Crippen LogP contribution in [-0.2, 0) is 0 Å². The van der Waals surface area contributed by atoms with Crippen LogP contribution in [0.25, 0.3) is 0 Å². The molecule has 0 aliphatic carbocycles. The number of hydrogen-bond donors (Lipinski definition) is 0. The molecule has 0 N–H and O–H groups in total. The number of hydrogen-bond acceptors (Lipinski definition) is 4. The first kappa shape index (κ1) is 13.2. The van der Waals surface area contributed by atoms with E-state index in [1.807, 2.05) is 24.2 Å². The van der Waals surface area contributed by atoms with E-state index in [0.717, 1.165) is 17.6 Å². The predicted octanol–water partition coefficient (Wildman–Crippen LogP) is 2.33. The van der Waals surface area contributed by atoms with Crippen LogP contribution in [0.5, 0.6) is 0 Å². The molecule has 0 bridgehead atoms. The largest absolute Gasteiger partial charge is 0.367 e. The molecule has 17 heavy (non-hydrogen) atoms. The molecule has 0 aromatic carbocycles. The van der Waals surface area contributed by atoms with Crippen molar-refractivity contribution in [2.45, 2.75) is 11.3 Å². The Bertz CT molecular complexity index is 386. The van der Waals surface area contributed by atoms with Crippen molar-refractivity contribution in [3.8, 4) is 0 Å². The molecule has 2 rings (SSSR count). The molecule has 2 heterocycles. The van der Waals surface area contributed by atoms with Crippen molar-refractivity contribution in [1.29, 1.82) is 0 Å². The van der Waals surface area contributed by atoms with E-state index in [9.17, 15) is 0 Å². The second-order valence-electron chi connectivity index (χ2n) is 4.57. The summed E-state index contributed by atoms with van der Waals surface area (Å²) in [5.74, 6) is 0. The van der Waals surface area contributed by atoms with Gasteiger partial charge in [-0.05, 0) is 42.3 Å². The maximum atomic E-state index is 4.24. The van der Waals surface area contributed by atoms with Gasteiger partial charge in [0.25, 0.3) is 0 Å². The highest BCUT2D eigenvalue weighted by molar-refractivity contribution is 9.10. The maximum Gasteiger partial charge on any atom is 0.0565 e. The number of likely N-dealkylation sites (N-methyl/N-ethyl adjacent to an activating group) is 1. The molecular weight excluding hydrogens is 298 g/mol. The topological polar surface area (TPSA) is 19.4 Å². The van der Waals surface area contributed by atoms with Crippen LogP contribution >= 0.6 is 27.7 Å². The van der Waals surface area contributed by atoms with Crippen LogP contribution in [0.4, 0.5) is 5.69 Å². The molecule has 1 aromatic rings. The van der Waals surface area contributed by atoms with E-state index >= 15 is 0 Å². The van der Waals surface area contributed by atoms with E-state index in [4.69, 9.17) is 0 Å². The van der Waals surface area contributed by atoms with Crippen molar-refractivity contribution in [2.75, 3.05) is 38.3 Å². The minimum Gasteiger partial charge on any atom is -0.367 e. The Morgan fingerprint density at radius 2 is 2.18 bits per heavy atom. The van der Waals surface area contributed by atoms with Crippen LogP contribution in [0.3, 0.4) is 0 Å². The summed E-state index contributed by atoms with van der Waals surface area (Å²) in [7, 11) is 4.33. The van der Waals surface area contributed by atoms with Gasteiger partial charge in [-0.2, -0.15) is 11.8 Å². The molecule has 2 unspecified atom stereocenters. The van der Waals surface area contributed by atoms with Gasteiger partial charge in [0.1, 0.15) is 0 Å². The predicted molar refractivity (Wildman–Crippen MR) is 78.9 cm³/mol. The number of thioether (sulfide) groups is 1. The zero-order valence-corrected chi connectivity index (χ0v) is 12.8. The van der Waals surface area contributed by atoms with Gasteiger partial charge in [-0.15, -0.1) is 0 Å². The van der Waals surface area contributed by atoms with Gasteiger partial charge in [0, 0.05) is 35.1 Å². The highest BCUT2D eigenvalue weighted by Gasteiger charge is 2.33. The third kappa shape index (κ3) is 2.95. The number of anilines is 1. The van der Waals surface area contributed by atoms with Crippen LogP contribution in [0, 0.1) is 0 Å². The van der Waals surface area contributed by atoms with Crippen LogP contribution in [-0.4, -0.2) is 54.6 Å². The maximum absolute atomic E-state index is 4.24. The van der Waals surface area contributed by atoms with Gasteiger partial charge in [-0.1, -0.05) is 0 Å². The normalized spacial score (nSPS) is 24.6. The lowest BCUT2D eigenvalue weighted by Crippen LogP contribution is -2.36. The molecule has 0 amide bonds. The second-order valence-corrected chi connectivity index (χ2v) is 6.56. The minimum atomic E-state index is 0.615. The molecule has 5 heteroatoms. The average molecular weight is 316 g/mol. The van der Waals surface area contributed by atoms with Gasteiger partial charge >= 0.3 is 0 Å². The fourth-order valence-corrected chi connectivity index (χ4v) is 3.59. The summed E-state index contributed by atoms with van der Waals surface area (Å²) in [4.78, 5) is 8.99. The third-order valence-electron chi connectivity index (χ3n) is 3.26. The van der Waals surface area contributed by atoms with E-state index in [1.165, 1.54) is 5.69 Å². The van der Waals surface area contributed by atoms with Gasteiger partial charge < -0.3 is 9.80 Å². The third-order valence-corrected chi connectivity index (χ3v) is 4.76. The Kier molecular flexibility index (Phi) is 4.33. The van der Waals surface area contributed by atoms with Gasteiger partial charge in [-0.3, -0.25) is 4.98 Å². The first-order chi connectivity index (χ1) is 8.11. The summed E-state index contributed by atoms with van der Waals surface area (Å²) in [5, 5.41) is 0.670. The Morgan fingerprint density at radius 3 is 2.71 bits per heavy atom. The standard InChI is InChI=1S/C12H18BrN3S/c1-15(2)11-7-16(8-12(11)17-3)10-4-9(13)5-14-6-10/h4-6,11-12H,7-8H2,1-3H3. The molecule has 1 aromatic heterocycles. The van der Waals surface area contributed by atoms with Crippen molar-refractivity contribution >= 4 is 33.4 Å². The Morgan fingerprint density at radius 1 is 1.41 bits per heavy atom. The Labute approximate surface area is 116 Å². The summed E-state index contributed by atoms with van der Waals surface area (Å²) in [6.45, 7) is 2.18. The van der Waals surface area contributed by atoms with Crippen molar-refractivity contribution in [3.63, 3.8) is 0 Å². The van der Waals surface area contributed by atoms with Crippen LogP contribution < -0.4 is 4.90 Å². The zero-order valence-electron chi connectivity index (χ0n) is 10.4. The molecule has 0 saturated carbocycles. The van der Waals surface area contributed by atoms with Crippen LogP contribution in [0.15, 0.2) is 22.9 Å². The lowest BCUT2D eigenvalue weighted by Gasteiger charge is -2.23. The van der Waals surface area contributed by atoms with E-state index in [-0.39, 0.29) is 0 Å². The number of nitrogens with zero attached hydrogens (tertiary/aromatic N) is 3. The number of rotatable bonds is 3. The minimum absolute atomic E-state index is 0.615. The Balaban J connectivity index is 2.15. The lowest BCUT2D eigenvalue weighted by molar-refractivity contribution is 0.320. The smallest absolute Gasteiger partial charge is 0.0565 e. The molecule has 3 nitrogen and oxygen atoms in total. The van der Waals surface area contributed by atoms with Crippen molar-refractivity contribution in [1.82, 2.24) is 9.88 Å². The average Bonchev–Trinajstić information content (AvgIpc) is 2.73. The van der Waals surface area contributed by atoms with E-state index < -0.39 is 0 Å². The fourth-order valence-electron chi connectivity index (χ4n) is 2.27. The highest BCUT2D eigenvalue weighted by atomic mass is 79.9. The Hall–Kier alpha value is -0.260. The second kappa shape index (κ2) is 5.59. The number of pyridine rings is 1. The van der Waals surface area contributed by atoms with Crippen LogP contribution in [0.2, 0.25) is 0 Å². The SMILES string of the molecule is CSC1CN(c2cncc(Br)c2)CC1N(C)C. The summed E-state index contributed by atoms with van der Waals surface area (Å²) in [6.07, 6.45) is 5.97. The summed E-state index contributed by atoms with van der Waals surface area (Å²) < 4.78 is 1.05. The quantitative estimate of drug-likeness (QED) is 0.852. The highest BCUT2D eigenvalue weighted by Crippen LogP contribution is 2.29. The van der Waals surface area contributed by atoms with Crippen molar-refractivity contribution < 1.29 is 0 Å². The van der Waals surface area contributed by atoms with Gasteiger partial charge in [0.2, 0.25) is 0 Å². The number of aromatic nitrogens is 1. The van der Waals surface area contributed by atoms with E-state index in [0.29, 0.717) is 11.3 Å². The van der Waals surface area contributed by atoms with E-state index in [1.54, 1.807) is 0 Å². The fraction of sp³-hybridized carbons (Fsp3) is 0.583. The molecule has 0 spiro atoms. The molecule has 1 saturated heterocycles. The molecule has 0 radical (unpaired) electrons. The van der Waals surface area contributed by atoms with Gasteiger partial charge in [-0.25, -0.2) is 0 Å². The molecular formula is C12H18BrN3S. The summed E-state index contributed by atoms with van der Waals surface area (Å²) in [5.41, 5.74) is 1.21. The summed E-state index contributed by atoms with van der Waals surface area (Å²) >= 11 is 5.44. The molecule has 2 atom stereocenters. The molecule has 94 valence electrons. The van der Waals surface area contributed by atoms with Gasteiger partial charge in [0.15, 0.2) is 0 Å². The lowest BCUT2D eigenvalue weighted by atomic mass is 10.2. The number of halogens is 1.